The Morgan fingerprint density at radius 3 is 2.46 bits per heavy atom. The fourth-order valence-electron chi connectivity index (χ4n) is 5.42. The summed E-state index contributed by atoms with van der Waals surface area (Å²) in [6.45, 7) is 3.77. The molecule has 1 aromatic heterocycles. The van der Waals surface area contributed by atoms with Crippen molar-refractivity contribution in [1.82, 2.24) is 0 Å². The van der Waals surface area contributed by atoms with Gasteiger partial charge in [0, 0.05) is 48.3 Å². The molecule has 1 aliphatic heterocycles. The summed E-state index contributed by atoms with van der Waals surface area (Å²) in [6.07, 6.45) is 5.18. The fourth-order valence-corrected chi connectivity index (χ4v) is 7.47. The van der Waals surface area contributed by atoms with E-state index < -0.39 is 31.2 Å². The maximum atomic E-state index is 11.8. The number of aryl methyl sites for hydroxylation is 1. The standard InChI is InChI=1S/C34H36N2O9S3/c1-4-24(18-34-36(14-8-16-47(38,39)40)29-20-27(22-37)31(44-3)21-32(29)46-34)17-33-35(15-13-23(2)48(41,42)43)28-19-26(11-12-30(28)45-33)25-9-6-5-7-10-25/h5-7,9-12,17-23H,4,8,13-16H2,1-3H3,(H-,38,39,40,41,42,43)/p-1. The van der Waals surface area contributed by atoms with Crippen LogP contribution in [0.25, 0.3) is 27.4 Å². The van der Waals surface area contributed by atoms with Crippen LogP contribution in [0.15, 0.2) is 78.2 Å². The van der Waals surface area contributed by atoms with Crippen LogP contribution in [0.4, 0.5) is 5.69 Å². The number of thiazole rings is 1. The third-order valence-corrected chi connectivity index (χ3v) is 11.2. The Kier molecular flexibility index (Phi) is 10.7. The van der Waals surface area contributed by atoms with Crippen LogP contribution in [0.5, 0.6) is 11.5 Å². The first-order valence-electron chi connectivity index (χ1n) is 15.3. The molecule has 0 bridgehead atoms. The number of nitrogens with zero attached hydrogens (tertiary/aromatic N) is 2. The number of aromatic nitrogens is 1. The second-order valence-electron chi connectivity index (χ2n) is 11.3. The van der Waals surface area contributed by atoms with Gasteiger partial charge >= 0.3 is 0 Å². The van der Waals surface area contributed by atoms with Gasteiger partial charge in [-0.1, -0.05) is 54.7 Å². The Labute approximate surface area is 284 Å². The number of hydrogen-bond acceptors (Lipinski definition) is 11. The van der Waals surface area contributed by atoms with Crippen LogP contribution in [-0.2, 0) is 26.8 Å². The van der Waals surface area contributed by atoms with Crippen LogP contribution in [-0.4, -0.2) is 56.9 Å². The van der Waals surface area contributed by atoms with Gasteiger partial charge in [-0.15, -0.1) is 0 Å². The molecule has 1 aliphatic rings. The molecule has 48 heavy (non-hydrogen) atoms. The first-order chi connectivity index (χ1) is 22.8. The molecule has 0 N–H and O–H groups in total. The molecular weight excluding hydrogens is 677 g/mol. The summed E-state index contributed by atoms with van der Waals surface area (Å²) in [4.78, 5) is 13.7. The van der Waals surface area contributed by atoms with Gasteiger partial charge in [0.15, 0.2) is 18.6 Å². The van der Waals surface area contributed by atoms with E-state index in [1.165, 1.54) is 25.4 Å². The Morgan fingerprint density at radius 1 is 1.06 bits per heavy atom. The first-order valence-corrected chi connectivity index (χ1v) is 19.1. The highest BCUT2D eigenvalue weighted by Crippen LogP contribution is 2.42. The Bertz CT molecular complexity index is 2110. The molecule has 0 saturated carbocycles. The monoisotopic (exact) mass is 711 g/mol. The number of carbonyl (C=O) groups is 1. The maximum absolute atomic E-state index is 11.8. The Balaban J connectivity index is 1.58. The van der Waals surface area contributed by atoms with Crippen LogP contribution in [0.2, 0.25) is 0 Å². The van der Waals surface area contributed by atoms with Gasteiger partial charge in [-0.25, -0.2) is 16.8 Å². The molecule has 0 saturated heterocycles. The molecule has 1 atom stereocenters. The van der Waals surface area contributed by atoms with E-state index in [0.29, 0.717) is 41.2 Å². The molecule has 0 aliphatic carbocycles. The topological polar surface area (TPSA) is 157 Å². The first kappa shape index (κ1) is 35.2. The lowest BCUT2D eigenvalue weighted by Crippen LogP contribution is -2.36. The van der Waals surface area contributed by atoms with E-state index >= 15 is 0 Å². The van der Waals surface area contributed by atoms with Crippen LogP contribution < -0.4 is 18.9 Å². The normalized spacial score (nSPS) is 15.1. The largest absolute Gasteiger partial charge is 0.748 e. The quantitative estimate of drug-likeness (QED) is 0.0934. The molecular formula is C34H35N2O9S3-. The lowest BCUT2D eigenvalue weighted by Gasteiger charge is -2.22. The number of rotatable bonds is 14. The molecule has 5 rings (SSSR count). The van der Waals surface area contributed by atoms with E-state index in [-0.39, 0.29) is 25.9 Å². The van der Waals surface area contributed by atoms with E-state index in [9.17, 15) is 30.7 Å². The van der Waals surface area contributed by atoms with E-state index in [4.69, 9.17) is 9.47 Å². The zero-order valence-electron chi connectivity index (χ0n) is 26.6. The van der Waals surface area contributed by atoms with Gasteiger partial charge in [-0.2, -0.15) is 4.57 Å². The number of fused-ring (bicyclic) bond motifs is 2. The number of allylic oxidation sites excluding steroid dienone is 2. The number of hydrogen-bond donors (Lipinski definition) is 0. The predicted molar refractivity (Wildman–Crippen MR) is 183 cm³/mol. The second-order valence-corrected chi connectivity index (χ2v) is 15.7. The molecule has 4 aromatic rings. The van der Waals surface area contributed by atoms with Gasteiger partial charge < -0.3 is 23.5 Å². The molecule has 2 heterocycles. The number of carbonyl (C=O) groups excluding carboxylic acids is 1. The molecule has 14 heteroatoms. The molecule has 3 aromatic carbocycles. The summed E-state index contributed by atoms with van der Waals surface area (Å²) in [5.41, 5.74) is 4.52. The summed E-state index contributed by atoms with van der Waals surface area (Å²) in [5.74, 6) is 0.899. The maximum Gasteiger partial charge on any atom is 0.263 e. The average Bonchev–Trinajstić information content (AvgIpc) is 3.57. The summed E-state index contributed by atoms with van der Waals surface area (Å²) in [7, 11) is -7.45. The van der Waals surface area contributed by atoms with E-state index in [1.54, 1.807) is 12.1 Å². The van der Waals surface area contributed by atoms with E-state index in [1.807, 2.05) is 77.1 Å². The number of anilines is 1. The fraction of sp³-hybridized carbons (Fsp3) is 0.294. The van der Waals surface area contributed by atoms with Crippen molar-refractivity contribution >= 4 is 59.8 Å². The van der Waals surface area contributed by atoms with Gasteiger partial charge in [-0.05, 0) is 48.6 Å². The van der Waals surface area contributed by atoms with Crippen molar-refractivity contribution in [3.8, 4) is 22.6 Å². The highest BCUT2D eigenvalue weighted by Gasteiger charge is 2.29. The average molecular weight is 712 g/mol. The van der Waals surface area contributed by atoms with Crippen LogP contribution in [0.1, 0.15) is 48.5 Å². The van der Waals surface area contributed by atoms with Crippen molar-refractivity contribution in [1.29, 1.82) is 0 Å². The summed E-state index contributed by atoms with van der Waals surface area (Å²) >= 11 is 1.41. The molecule has 11 nitrogen and oxygen atoms in total. The molecule has 0 amide bonds. The number of aldehydes is 1. The van der Waals surface area contributed by atoms with Gasteiger partial charge in [-0.3, -0.25) is 4.79 Å². The third kappa shape index (κ3) is 8.13. The summed E-state index contributed by atoms with van der Waals surface area (Å²) in [6, 6.07) is 19.0. The number of benzene rings is 3. The minimum absolute atomic E-state index is 0.0743. The minimum atomic E-state index is -4.49. The van der Waals surface area contributed by atoms with Gasteiger partial charge in [0.2, 0.25) is 11.4 Å². The zero-order valence-corrected chi connectivity index (χ0v) is 29.1. The van der Waals surface area contributed by atoms with Crippen molar-refractivity contribution in [3.05, 3.63) is 88.8 Å². The van der Waals surface area contributed by atoms with E-state index in [2.05, 4.69) is 0 Å². The van der Waals surface area contributed by atoms with Crippen LogP contribution >= 0.6 is 11.3 Å². The van der Waals surface area contributed by atoms with Crippen molar-refractivity contribution < 1.29 is 44.8 Å². The second kappa shape index (κ2) is 14.6. The van der Waals surface area contributed by atoms with Gasteiger partial charge in [0.05, 0.1) is 38.6 Å². The smallest absolute Gasteiger partial charge is 0.263 e. The van der Waals surface area contributed by atoms with Gasteiger partial charge in [0.25, 0.3) is 5.01 Å². The molecule has 0 radical (unpaired) electrons. The highest BCUT2D eigenvalue weighted by atomic mass is 32.2. The molecule has 254 valence electrons. The highest BCUT2D eigenvalue weighted by molar-refractivity contribution is 7.86. The Hall–Kier alpha value is -4.08. The van der Waals surface area contributed by atoms with Crippen molar-refractivity contribution in [3.63, 3.8) is 0 Å². The third-order valence-electron chi connectivity index (χ3n) is 8.10. The lowest BCUT2D eigenvalue weighted by atomic mass is 10.0. The minimum Gasteiger partial charge on any atom is -0.748 e. The number of ether oxygens (including phenoxy) is 2. The number of methoxy groups -OCH3 is 1. The van der Waals surface area contributed by atoms with Crippen molar-refractivity contribution in [2.75, 3.05) is 24.3 Å². The zero-order chi connectivity index (χ0) is 34.6. The Morgan fingerprint density at radius 2 is 1.81 bits per heavy atom. The lowest BCUT2D eigenvalue weighted by molar-refractivity contribution is -0.668. The summed E-state index contributed by atoms with van der Waals surface area (Å²) < 4.78 is 83.7. The van der Waals surface area contributed by atoms with Crippen molar-refractivity contribution in [2.24, 2.45) is 0 Å². The molecule has 1 unspecified atom stereocenters. The summed E-state index contributed by atoms with van der Waals surface area (Å²) in [5, 5.41) is -0.364. The predicted octanol–water partition coefficient (Wildman–Crippen LogP) is 5.47. The van der Waals surface area contributed by atoms with Crippen LogP contribution in [0, 0.1) is 0 Å². The molecule has 0 fully saturated rings. The van der Waals surface area contributed by atoms with Crippen LogP contribution in [0.3, 0.4) is 0 Å². The van der Waals surface area contributed by atoms with E-state index in [0.717, 1.165) is 32.1 Å². The van der Waals surface area contributed by atoms with Gasteiger partial charge in [0.1, 0.15) is 10.4 Å². The van der Waals surface area contributed by atoms with Crippen molar-refractivity contribution in [2.45, 2.75) is 44.9 Å². The SMILES string of the molecule is CCC(/C=C1\Oc2ccc(-c3ccccc3)cc2N1CCC(C)S(=O)(=O)[O-])=C\c1sc2cc(OC)c(C=O)cc2[n+]1CCCS(=O)(=O)[O-]. The molecule has 0 spiro atoms.